The summed E-state index contributed by atoms with van der Waals surface area (Å²) in [5, 5.41) is 9.01. The number of nitrogens with two attached hydrogens (primary N) is 1. The second-order valence-corrected chi connectivity index (χ2v) is 6.91. The Morgan fingerprint density at radius 2 is 1.72 bits per heavy atom. The minimum atomic E-state index is -0.582. The maximum Gasteiger partial charge on any atom is 0.251 e. The van der Waals surface area contributed by atoms with Crippen LogP contribution in [-0.2, 0) is 17.8 Å². The number of aliphatic imine (C=N–C) groups is 1. The van der Waals surface area contributed by atoms with Gasteiger partial charge in [-0.3, -0.25) is 9.59 Å². The molecule has 172 valence electrons. The average molecular weight is 553 g/mol. The van der Waals surface area contributed by atoms with Crippen molar-refractivity contribution in [2.45, 2.75) is 19.9 Å². The first-order valence-corrected chi connectivity index (χ1v) is 10.1. The van der Waals surface area contributed by atoms with Gasteiger partial charge in [-0.25, -0.2) is 4.99 Å². The van der Waals surface area contributed by atoms with Crippen molar-refractivity contribution < 1.29 is 19.1 Å². The fraction of sp³-hybridized carbons (Fsp3) is 0.318. The summed E-state index contributed by atoms with van der Waals surface area (Å²) < 4.78 is 10.8. The molecule has 2 aromatic rings. The van der Waals surface area contributed by atoms with Gasteiger partial charge in [0, 0.05) is 18.7 Å². The van der Waals surface area contributed by atoms with Gasteiger partial charge in [0.15, 0.2) is 17.5 Å². The largest absolute Gasteiger partial charge is 0.454 e. The summed E-state index contributed by atoms with van der Waals surface area (Å²) in [5.41, 5.74) is 7.60. The Morgan fingerprint density at radius 1 is 1.00 bits per heavy atom. The van der Waals surface area contributed by atoms with Crippen LogP contribution in [0.5, 0.6) is 11.5 Å². The number of ether oxygens (including phenoxy) is 2. The van der Waals surface area contributed by atoms with E-state index in [1.807, 2.05) is 37.3 Å². The first-order chi connectivity index (χ1) is 15.0. The second kappa shape index (κ2) is 12.7. The van der Waals surface area contributed by atoms with E-state index < -0.39 is 5.91 Å². The lowest BCUT2D eigenvalue weighted by Gasteiger charge is -2.12. The third-order valence-corrected chi connectivity index (χ3v) is 4.55. The van der Waals surface area contributed by atoms with Crippen LogP contribution in [0.25, 0.3) is 0 Å². The summed E-state index contributed by atoms with van der Waals surface area (Å²) in [4.78, 5) is 27.3. The number of amides is 2. The Morgan fingerprint density at radius 3 is 2.44 bits per heavy atom. The zero-order valence-corrected chi connectivity index (χ0v) is 20.2. The first kappa shape index (κ1) is 25.2. The Balaban J connectivity index is 0.00000363. The van der Waals surface area contributed by atoms with Crippen molar-refractivity contribution in [1.82, 2.24) is 16.0 Å². The number of primary amides is 1. The molecule has 0 unspecified atom stereocenters. The number of carbonyl (C=O) groups excluding carboxylic acids is 2. The van der Waals surface area contributed by atoms with Crippen LogP contribution in [0, 0.1) is 0 Å². The Bertz CT molecular complexity index is 950. The molecule has 9 nitrogen and oxygen atoms in total. The van der Waals surface area contributed by atoms with E-state index in [0.717, 1.165) is 35.6 Å². The summed E-state index contributed by atoms with van der Waals surface area (Å²) >= 11 is 0. The van der Waals surface area contributed by atoms with E-state index in [0.29, 0.717) is 24.6 Å². The van der Waals surface area contributed by atoms with Gasteiger partial charge in [0.1, 0.15) is 0 Å². The summed E-state index contributed by atoms with van der Waals surface area (Å²) in [6, 6.07) is 13.0. The van der Waals surface area contributed by atoms with Crippen molar-refractivity contribution in [3.8, 4) is 11.5 Å². The summed E-state index contributed by atoms with van der Waals surface area (Å²) in [6.07, 6.45) is 0.816. The highest BCUT2D eigenvalue weighted by atomic mass is 127. The number of hydrogen-bond donors (Lipinski definition) is 4. The van der Waals surface area contributed by atoms with Gasteiger partial charge < -0.3 is 31.2 Å². The van der Waals surface area contributed by atoms with Crippen molar-refractivity contribution in [2.24, 2.45) is 10.7 Å². The van der Waals surface area contributed by atoms with Gasteiger partial charge in [-0.05, 0) is 48.7 Å². The molecule has 0 saturated carbocycles. The lowest BCUT2D eigenvalue weighted by molar-refractivity contribution is -0.117. The Hall–Kier alpha value is -3.02. The predicted octanol–water partition coefficient (Wildman–Crippen LogP) is 1.55. The number of guanidine groups is 1. The Kier molecular flexibility index (Phi) is 10.1. The van der Waals surface area contributed by atoms with Crippen LogP contribution in [-0.4, -0.2) is 44.2 Å². The molecule has 3 rings (SSSR count). The molecule has 5 N–H and O–H groups in total. The lowest BCUT2D eigenvalue weighted by atomic mass is 10.1. The second-order valence-electron chi connectivity index (χ2n) is 6.91. The van der Waals surface area contributed by atoms with Gasteiger partial charge in [-0.2, -0.15) is 0 Å². The van der Waals surface area contributed by atoms with Crippen LogP contribution < -0.4 is 31.2 Å². The van der Waals surface area contributed by atoms with Crippen molar-refractivity contribution in [3.63, 3.8) is 0 Å². The van der Waals surface area contributed by atoms with E-state index >= 15 is 0 Å². The Labute approximate surface area is 204 Å². The zero-order valence-electron chi connectivity index (χ0n) is 17.8. The molecule has 0 fully saturated rings. The van der Waals surface area contributed by atoms with E-state index in [1.54, 1.807) is 12.1 Å². The highest BCUT2D eigenvalue weighted by Gasteiger charge is 2.13. The molecule has 0 spiro atoms. The van der Waals surface area contributed by atoms with E-state index in [9.17, 15) is 9.59 Å². The van der Waals surface area contributed by atoms with Crippen molar-refractivity contribution >= 4 is 41.8 Å². The third-order valence-electron chi connectivity index (χ3n) is 4.55. The van der Waals surface area contributed by atoms with E-state index in [-0.39, 0.29) is 43.2 Å². The number of fused-ring (bicyclic) bond motifs is 1. The minimum absolute atomic E-state index is 0. The summed E-state index contributed by atoms with van der Waals surface area (Å²) in [6.45, 7) is 4.01. The first-order valence-electron chi connectivity index (χ1n) is 10.1. The molecule has 0 bridgehead atoms. The number of nitrogens with zero attached hydrogens (tertiary/aromatic N) is 1. The fourth-order valence-electron chi connectivity index (χ4n) is 2.96. The zero-order chi connectivity index (χ0) is 22.1. The molecular formula is C22H28IN5O4. The highest BCUT2D eigenvalue weighted by Crippen LogP contribution is 2.32. The molecule has 1 heterocycles. The number of rotatable bonds is 9. The smallest absolute Gasteiger partial charge is 0.251 e. The molecule has 0 radical (unpaired) electrons. The van der Waals surface area contributed by atoms with E-state index in [1.165, 1.54) is 0 Å². The van der Waals surface area contributed by atoms with Crippen LogP contribution in [0.15, 0.2) is 47.5 Å². The number of halogens is 1. The standard InChI is InChI=1S/C22H27N5O4.HI/c1-2-24-22(25-10-9-15-5-8-18-19(11-15)31-14-30-18)27-12-16-3-6-17(7-4-16)21(29)26-13-20(23)28;/h3-8,11H,2,9-10,12-14H2,1H3,(H2,23,28)(H,26,29)(H2,24,25,27);1H. The molecule has 1 aliphatic rings. The average Bonchev–Trinajstić information content (AvgIpc) is 3.24. The molecule has 10 heteroatoms. The van der Waals surface area contributed by atoms with Gasteiger partial charge in [-0.1, -0.05) is 18.2 Å². The molecule has 0 aromatic heterocycles. The summed E-state index contributed by atoms with van der Waals surface area (Å²) in [5.74, 6) is 1.35. The van der Waals surface area contributed by atoms with Gasteiger partial charge in [-0.15, -0.1) is 24.0 Å². The van der Waals surface area contributed by atoms with Crippen LogP contribution in [0.2, 0.25) is 0 Å². The van der Waals surface area contributed by atoms with Gasteiger partial charge in [0.05, 0.1) is 13.1 Å². The fourth-order valence-corrected chi connectivity index (χ4v) is 2.96. The molecule has 1 aliphatic heterocycles. The maximum absolute atomic E-state index is 11.9. The molecule has 0 atom stereocenters. The van der Waals surface area contributed by atoms with Crippen LogP contribution >= 0.6 is 24.0 Å². The molecule has 32 heavy (non-hydrogen) atoms. The van der Waals surface area contributed by atoms with Crippen LogP contribution in [0.3, 0.4) is 0 Å². The number of carbonyl (C=O) groups is 2. The van der Waals surface area contributed by atoms with E-state index in [2.05, 4.69) is 20.9 Å². The monoisotopic (exact) mass is 553 g/mol. The van der Waals surface area contributed by atoms with Crippen LogP contribution in [0.4, 0.5) is 0 Å². The molecule has 0 saturated heterocycles. The lowest BCUT2D eigenvalue weighted by Crippen LogP contribution is -2.38. The highest BCUT2D eigenvalue weighted by molar-refractivity contribution is 14.0. The third kappa shape index (κ3) is 7.59. The SMILES string of the molecule is CCNC(=NCc1ccc(C(=O)NCC(N)=O)cc1)NCCc1ccc2c(c1)OCO2.I. The van der Waals surface area contributed by atoms with Gasteiger partial charge >= 0.3 is 0 Å². The number of nitrogens with one attached hydrogen (secondary N) is 3. The minimum Gasteiger partial charge on any atom is -0.454 e. The summed E-state index contributed by atoms with van der Waals surface area (Å²) in [7, 11) is 0. The number of hydrogen-bond acceptors (Lipinski definition) is 5. The van der Waals surface area contributed by atoms with Gasteiger partial charge in [0.2, 0.25) is 12.7 Å². The quantitative estimate of drug-likeness (QED) is 0.212. The normalized spacial score (nSPS) is 12.0. The molecular weight excluding hydrogens is 525 g/mol. The van der Waals surface area contributed by atoms with Crippen molar-refractivity contribution in [2.75, 3.05) is 26.4 Å². The number of benzene rings is 2. The molecule has 2 aromatic carbocycles. The maximum atomic E-state index is 11.9. The van der Waals surface area contributed by atoms with Gasteiger partial charge in [0.25, 0.3) is 5.91 Å². The van der Waals surface area contributed by atoms with E-state index in [4.69, 9.17) is 15.2 Å². The van der Waals surface area contributed by atoms with Crippen molar-refractivity contribution in [3.05, 3.63) is 59.2 Å². The topological polar surface area (TPSA) is 127 Å². The molecule has 2 amide bonds. The predicted molar refractivity (Wildman–Crippen MR) is 132 cm³/mol. The van der Waals surface area contributed by atoms with Crippen molar-refractivity contribution in [1.29, 1.82) is 0 Å². The van der Waals surface area contributed by atoms with Crippen LogP contribution in [0.1, 0.15) is 28.4 Å². The molecule has 0 aliphatic carbocycles.